The quantitative estimate of drug-likeness (QED) is 0.334. The zero-order valence-electron chi connectivity index (χ0n) is 15.7. The lowest BCUT2D eigenvalue weighted by Crippen LogP contribution is -2.30. The smallest absolute Gasteiger partial charge is 0.325 e. The van der Waals surface area contributed by atoms with E-state index in [4.69, 9.17) is 13.9 Å². The summed E-state index contributed by atoms with van der Waals surface area (Å²) >= 11 is 0. The number of methoxy groups -OCH3 is 1. The lowest BCUT2D eigenvalue weighted by Gasteiger charge is -2.06. The number of rotatable bonds is 8. The molecule has 1 aromatic heterocycles. The van der Waals surface area contributed by atoms with E-state index in [1.807, 2.05) is 0 Å². The van der Waals surface area contributed by atoms with Crippen LogP contribution in [0.2, 0.25) is 0 Å². The van der Waals surface area contributed by atoms with Crippen molar-refractivity contribution in [2.45, 2.75) is 6.61 Å². The van der Waals surface area contributed by atoms with Crippen LogP contribution in [0.4, 0.5) is 5.69 Å². The molecule has 1 N–H and O–H groups in total. The van der Waals surface area contributed by atoms with E-state index < -0.39 is 16.8 Å². The fourth-order valence-electron chi connectivity index (χ4n) is 2.37. The number of carbonyl (C=O) groups excluding carboxylic acids is 2. The predicted octanol–water partition coefficient (Wildman–Crippen LogP) is 2.13. The molecule has 0 radical (unpaired) electrons. The molecule has 0 unspecified atom stereocenters. The molecule has 11 nitrogen and oxygen atoms in total. The summed E-state index contributed by atoms with van der Waals surface area (Å²) in [4.78, 5) is 34.1. The van der Waals surface area contributed by atoms with E-state index in [1.54, 1.807) is 24.3 Å². The number of non-ortho nitro benzene ring substituents is 1. The van der Waals surface area contributed by atoms with Gasteiger partial charge in [-0.05, 0) is 30.3 Å². The minimum atomic E-state index is -0.693. The van der Waals surface area contributed by atoms with E-state index in [0.717, 1.165) is 0 Å². The van der Waals surface area contributed by atoms with Gasteiger partial charge < -0.3 is 19.2 Å². The molecule has 0 atom stereocenters. The summed E-state index contributed by atoms with van der Waals surface area (Å²) in [7, 11) is 1.49. The molecule has 0 aliphatic carbocycles. The van der Waals surface area contributed by atoms with Gasteiger partial charge in [-0.3, -0.25) is 19.7 Å². The number of amides is 1. The Hall–Kier alpha value is -4.28. The van der Waals surface area contributed by atoms with Gasteiger partial charge in [0.05, 0.1) is 12.0 Å². The molecule has 30 heavy (non-hydrogen) atoms. The highest BCUT2D eigenvalue weighted by Gasteiger charge is 2.14. The zero-order chi connectivity index (χ0) is 21.5. The number of hydrogen-bond acceptors (Lipinski definition) is 9. The van der Waals surface area contributed by atoms with Crippen molar-refractivity contribution < 1.29 is 28.4 Å². The third kappa shape index (κ3) is 5.16. The summed E-state index contributed by atoms with van der Waals surface area (Å²) in [6.07, 6.45) is 0. The fourth-order valence-corrected chi connectivity index (χ4v) is 2.37. The average molecular weight is 412 g/mol. The first kappa shape index (κ1) is 20.5. The zero-order valence-corrected chi connectivity index (χ0v) is 15.7. The summed E-state index contributed by atoms with van der Waals surface area (Å²) in [5, 5.41) is 20.7. The van der Waals surface area contributed by atoms with Gasteiger partial charge >= 0.3 is 5.97 Å². The normalized spacial score (nSPS) is 10.3. The highest BCUT2D eigenvalue weighted by Crippen LogP contribution is 2.21. The van der Waals surface area contributed by atoms with Gasteiger partial charge in [0.25, 0.3) is 17.5 Å². The topological polar surface area (TPSA) is 147 Å². The number of nitro benzene ring substituents is 1. The minimum absolute atomic E-state index is 0.0378. The molecule has 0 aliphatic rings. The Morgan fingerprint density at radius 3 is 2.63 bits per heavy atom. The second kappa shape index (κ2) is 9.28. The molecule has 0 bridgehead atoms. The Morgan fingerprint density at radius 2 is 1.93 bits per heavy atom. The van der Waals surface area contributed by atoms with Crippen molar-refractivity contribution in [3.05, 3.63) is 70.1 Å². The van der Waals surface area contributed by atoms with Crippen molar-refractivity contribution in [3.8, 4) is 17.2 Å². The molecule has 0 saturated carbocycles. The van der Waals surface area contributed by atoms with Gasteiger partial charge in [0.15, 0.2) is 6.61 Å². The molecule has 1 amide bonds. The Kier molecular flexibility index (Phi) is 6.33. The fraction of sp³-hybridized carbons (Fsp3) is 0.158. The van der Waals surface area contributed by atoms with Crippen LogP contribution in [0.15, 0.2) is 52.9 Å². The number of nitrogens with one attached hydrogen (secondary N) is 1. The van der Waals surface area contributed by atoms with Gasteiger partial charge in [-0.15, -0.1) is 10.2 Å². The summed E-state index contributed by atoms with van der Waals surface area (Å²) in [6, 6.07) is 12.0. The molecular formula is C19H16N4O7. The van der Waals surface area contributed by atoms with Gasteiger partial charge in [0.2, 0.25) is 5.89 Å². The number of hydrogen-bond donors (Lipinski definition) is 1. The predicted molar refractivity (Wildman–Crippen MR) is 102 cm³/mol. The molecule has 11 heteroatoms. The summed E-state index contributed by atoms with van der Waals surface area (Å²) in [5.41, 5.74) is 0.756. The molecule has 1 heterocycles. The monoisotopic (exact) mass is 412 g/mol. The highest BCUT2D eigenvalue weighted by molar-refractivity contribution is 5.96. The van der Waals surface area contributed by atoms with Crippen molar-refractivity contribution in [2.24, 2.45) is 0 Å². The minimum Gasteiger partial charge on any atom is -0.497 e. The van der Waals surface area contributed by atoms with Crippen LogP contribution in [0.3, 0.4) is 0 Å². The average Bonchev–Trinajstić information content (AvgIpc) is 3.25. The number of carbonyl (C=O) groups is 2. The van der Waals surface area contributed by atoms with Gasteiger partial charge in [-0.1, -0.05) is 6.07 Å². The SMILES string of the molecule is COc1cccc(C(=O)NCC(=O)OCc2nnc(-c3ccc([N+](=O)[O-])cc3)o2)c1. The first-order valence-corrected chi connectivity index (χ1v) is 8.61. The molecule has 3 aromatic rings. The molecule has 0 fully saturated rings. The van der Waals surface area contributed by atoms with Gasteiger partial charge in [-0.2, -0.15) is 0 Å². The van der Waals surface area contributed by atoms with Crippen LogP contribution in [-0.2, 0) is 16.1 Å². The van der Waals surface area contributed by atoms with Gasteiger partial charge in [-0.25, -0.2) is 0 Å². The number of nitro groups is 1. The standard InChI is InChI=1S/C19H16N4O7/c1-28-15-4-2-3-13(9-15)18(25)20-10-17(24)29-11-16-21-22-19(30-16)12-5-7-14(8-6-12)23(26)27/h2-9H,10-11H2,1H3,(H,20,25). The van der Waals surface area contributed by atoms with E-state index in [2.05, 4.69) is 15.5 Å². The van der Waals surface area contributed by atoms with Crippen LogP contribution in [0, 0.1) is 10.1 Å². The second-order valence-electron chi connectivity index (χ2n) is 5.88. The maximum atomic E-state index is 12.1. The van der Waals surface area contributed by atoms with Gasteiger partial charge in [0, 0.05) is 23.3 Å². The van der Waals surface area contributed by atoms with E-state index >= 15 is 0 Å². The van der Waals surface area contributed by atoms with E-state index in [-0.39, 0.29) is 30.6 Å². The van der Waals surface area contributed by atoms with Crippen LogP contribution in [0.25, 0.3) is 11.5 Å². The number of nitrogens with zero attached hydrogens (tertiary/aromatic N) is 3. The molecule has 0 aliphatic heterocycles. The molecule has 0 saturated heterocycles. The Bertz CT molecular complexity index is 1060. The molecular weight excluding hydrogens is 396 g/mol. The summed E-state index contributed by atoms with van der Waals surface area (Å²) in [5.74, 6) is -0.464. The van der Waals surface area contributed by atoms with Crippen LogP contribution >= 0.6 is 0 Å². The largest absolute Gasteiger partial charge is 0.497 e. The number of esters is 1. The van der Waals surface area contributed by atoms with Crippen molar-refractivity contribution >= 4 is 17.6 Å². The first-order valence-electron chi connectivity index (χ1n) is 8.61. The number of ether oxygens (including phenoxy) is 2. The van der Waals surface area contributed by atoms with Crippen LogP contribution < -0.4 is 10.1 Å². The van der Waals surface area contributed by atoms with E-state index in [0.29, 0.717) is 16.9 Å². The van der Waals surface area contributed by atoms with E-state index in [1.165, 1.54) is 31.4 Å². The van der Waals surface area contributed by atoms with Crippen LogP contribution in [0.1, 0.15) is 16.2 Å². The van der Waals surface area contributed by atoms with Crippen LogP contribution in [0.5, 0.6) is 5.75 Å². The van der Waals surface area contributed by atoms with Crippen LogP contribution in [-0.4, -0.2) is 40.7 Å². The first-order chi connectivity index (χ1) is 14.5. The Morgan fingerprint density at radius 1 is 1.17 bits per heavy atom. The number of aromatic nitrogens is 2. The molecule has 0 spiro atoms. The Labute approximate surface area is 169 Å². The summed E-state index contributed by atoms with van der Waals surface area (Å²) < 4.78 is 15.4. The van der Waals surface area contributed by atoms with Crippen molar-refractivity contribution in [1.82, 2.24) is 15.5 Å². The maximum Gasteiger partial charge on any atom is 0.325 e. The lowest BCUT2D eigenvalue weighted by atomic mass is 10.2. The van der Waals surface area contributed by atoms with Crippen molar-refractivity contribution in [3.63, 3.8) is 0 Å². The lowest BCUT2D eigenvalue weighted by molar-refractivity contribution is -0.384. The van der Waals surface area contributed by atoms with Crippen molar-refractivity contribution in [2.75, 3.05) is 13.7 Å². The molecule has 154 valence electrons. The third-order valence-corrected chi connectivity index (χ3v) is 3.87. The summed E-state index contributed by atoms with van der Waals surface area (Å²) in [6.45, 7) is -0.632. The highest BCUT2D eigenvalue weighted by atomic mass is 16.6. The second-order valence-corrected chi connectivity index (χ2v) is 5.88. The molecule has 3 rings (SSSR count). The van der Waals surface area contributed by atoms with E-state index in [9.17, 15) is 19.7 Å². The number of benzene rings is 2. The maximum absolute atomic E-state index is 12.1. The molecule has 2 aromatic carbocycles. The van der Waals surface area contributed by atoms with Crippen molar-refractivity contribution in [1.29, 1.82) is 0 Å². The Balaban J connectivity index is 1.49. The third-order valence-electron chi connectivity index (χ3n) is 3.87. The van der Waals surface area contributed by atoms with Gasteiger partial charge in [0.1, 0.15) is 12.3 Å².